The van der Waals surface area contributed by atoms with Gasteiger partial charge in [-0.3, -0.25) is 9.59 Å². The Morgan fingerprint density at radius 3 is 2.30 bits per heavy atom. The number of nitrogens with zero attached hydrogens (tertiary/aromatic N) is 2. The fourth-order valence-corrected chi connectivity index (χ4v) is 6.00. The standard InChI is InChI=1S/C29H31F6N3O2/c1-37-15-21-8-19(4-5-24(21)25(39)16-37)13-38(26(40)27(6-7-36-17-27)12-18-2-3-18)14-20-9-22(28(30,31)32)11-23(10-20)29(33,34)35/h4-5,9-11,15,18,36H,2-3,6-8,12-14,16-17H2,1H3. The second kappa shape index (κ2) is 10.4. The van der Waals surface area contributed by atoms with Crippen LogP contribution in [0.4, 0.5) is 26.3 Å². The summed E-state index contributed by atoms with van der Waals surface area (Å²) in [6.45, 7) is 0.912. The Morgan fingerprint density at radius 1 is 1.05 bits per heavy atom. The fourth-order valence-electron chi connectivity index (χ4n) is 6.00. The number of nitrogens with one attached hydrogen (secondary N) is 1. The Bertz CT molecular complexity index is 1250. The van der Waals surface area contributed by atoms with Crippen LogP contribution in [0.25, 0.3) is 0 Å². The normalized spacial score (nSPS) is 23.4. The quantitative estimate of drug-likeness (QED) is 0.443. The molecule has 1 amide bonds. The lowest BCUT2D eigenvalue weighted by atomic mass is 9.79. The molecule has 2 heterocycles. The van der Waals surface area contributed by atoms with Crippen molar-refractivity contribution in [1.82, 2.24) is 15.1 Å². The lowest BCUT2D eigenvalue weighted by Gasteiger charge is -2.36. The predicted octanol–water partition coefficient (Wildman–Crippen LogP) is 5.49. The zero-order valence-electron chi connectivity index (χ0n) is 22.1. The van der Waals surface area contributed by atoms with Gasteiger partial charge < -0.3 is 15.1 Å². The molecule has 1 aromatic carbocycles. The van der Waals surface area contributed by atoms with Gasteiger partial charge in [0.05, 0.1) is 23.1 Å². The molecule has 1 N–H and O–H groups in total. The van der Waals surface area contributed by atoms with Gasteiger partial charge in [-0.1, -0.05) is 25.0 Å². The lowest BCUT2D eigenvalue weighted by molar-refractivity contribution is -0.143. The van der Waals surface area contributed by atoms with E-state index in [9.17, 15) is 35.9 Å². The average Bonchev–Trinajstić information content (AvgIpc) is 3.54. The highest BCUT2D eigenvalue weighted by molar-refractivity contribution is 6.02. The molecule has 0 bridgehead atoms. The summed E-state index contributed by atoms with van der Waals surface area (Å²) in [6, 6.07) is 1.49. The van der Waals surface area contributed by atoms with Crippen molar-refractivity contribution in [2.24, 2.45) is 11.3 Å². The van der Waals surface area contributed by atoms with Gasteiger partial charge in [0, 0.05) is 38.5 Å². The Morgan fingerprint density at radius 2 is 1.73 bits per heavy atom. The highest BCUT2D eigenvalue weighted by Gasteiger charge is 2.47. The van der Waals surface area contributed by atoms with Crippen molar-refractivity contribution in [3.05, 3.63) is 70.0 Å². The second-order valence-electron chi connectivity index (χ2n) is 11.5. The van der Waals surface area contributed by atoms with Gasteiger partial charge in [-0.25, -0.2) is 0 Å². The van der Waals surface area contributed by atoms with E-state index in [-0.39, 0.29) is 36.4 Å². The highest BCUT2D eigenvalue weighted by Crippen LogP contribution is 2.45. The number of hydrogen-bond donors (Lipinski definition) is 1. The first-order valence-electron chi connectivity index (χ1n) is 13.4. The number of rotatable bonds is 7. The number of carbonyl (C=O) groups excluding carboxylic acids is 2. The summed E-state index contributed by atoms with van der Waals surface area (Å²) in [4.78, 5) is 29.8. The van der Waals surface area contributed by atoms with Crippen LogP contribution in [0.5, 0.6) is 0 Å². The molecule has 1 unspecified atom stereocenters. The van der Waals surface area contributed by atoms with Gasteiger partial charge in [-0.2, -0.15) is 26.3 Å². The number of carbonyl (C=O) groups is 2. The van der Waals surface area contributed by atoms with Crippen LogP contribution in [0.15, 0.2) is 53.3 Å². The topological polar surface area (TPSA) is 52.6 Å². The summed E-state index contributed by atoms with van der Waals surface area (Å²) in [5.41, 5.74) is -1.69. The molecule has 0 radical (unpaired) electrons. The van der Waals surface area contributed by atoms with E-state index in [0.717, 1.165) is 24.0 Å². The maximum Gasteiger partial charge on any atom is 0.416 e. The summed E-state index contributed by atoms with van der Waals surface area (Å²) in [6.07, 6.45) is -1.12. The molecule has 5 rings (SSSR count). The van der Waals surface area contributed by atoms with Crippen LogP contribution in [0.3, 0.4) is 0 Å². The first kappa shape index (κ1) is 28.4. The molecule has 1 aromatic rings. The first-order valence-corrected chi connectivity index (χ1v) is 13.4. The largest absolute Gasteiger partial charge is 0.416 e. The molecule has 1 saturated heterocycles. The summed E-state index contributed by atoms with van der Waals surface area (Å²) >= 11 is 0. The van der Waals surface area contributed by atoms with Gasteiger partial charge in [-0.05, 0) is 66.6 Å². The minimum absolute atomic E-state index is 0.0296. The predicted molar refractivity (Wildman–Crippen MR) is 136 cm³/mol. The maximum absolute atomic E-state index is 14.2. The maximum atomic E-state index is 14.2. The minimum Gasteiger partial charge on any atom is -0.372 e. The van der Waals surface area contributed by atoms with Crippen molar-refractivity contribution >= 4 is 11.7 Å². The van der Waals surface area contributed by atoms with Crippen molar-refractivity contribution in [1.29, 1.82) is 0 Å². The van der Waals surface area contributed by atoms with E-state index in [1.54, 1.807) is 24.1 Å². The summed E-state index contributed by atoms with van der Waals surface area (Å²) in [5, 5.41) is 3.23. The van der Waals surface area contributed by atoms with Gasteiger partial charge in [0.1, 0.15) is 0 Å². The molecule has 0 aromatic heterocycles. The van der Waals surface area contributed by atoms with E-state index in [1.165, 1.54) is 4.90 Å². The van der Waals surface area contributed by atoms with Gasteiger partial charge in [-0.15, -0.1) is 0 Å². The Hall–Kier alpha value is -3.08. The molecule has 216 valence electrons. The van der Waals surface area contributed by atoms with E-state index in [4.69, 9.17) is 0 Å². The van der Waals surface area contributed by atoms with Crippen LogP contribution in [0.2, 0.25) is 0 Å². The van der Waals surface area contributed by atoms with Gasteiger partial charge in [0.2, 0.25) is 5.91 Å². The molecule has 4 aliphatic rings. The summed E-state index contributed by atoms with van der Waals surface area (Å²) < 4.78 is 81.4. The number of ketones is 1. The van der Waals surface area contributed by atoms with Crippen molar-refractivity contribution in [2.75, 3.05) is 33.2 Å². The number of allylic oxidation sites excluding steroid dienone is 3. The van der Waals surface area contributed by atoms with Gasteiger partial charge >= 0.3 is 12.4 Å². The number of Topliss-reactive ketones (excluding diaryl/α,β-unsaturated/α-hetero) is 1. The van der Waals surface area contributed by atoms with Crippen LogP contribution in [-0.2, 0) is 28.5 Å². The second-order valence-corrected chi connectivity index (χ2v) is 11.5. The van der Waals surface area contributed by atoms with E-state index < -0.39 is 35.4 Å². The molecule has 1 atom stereocenters. The van der Waals surface area contributed by atoms with E-state index in [1.807, 2.05) is 6.20 Å². The molecular weight excluding hydrogens is 536 g/mol. The lowest BCUT2D eigenvalue weighted by Crippen LogP contribution is -2.46. The third-order valence-corrected chi connectivity index (χ3v) is 8.09. The summed E-state index contributed by atoms with van der Waals surface area (Å²) in [7, 11) is 1.77. The van der Waals surface area contributed by atoms with Crippen molar-refractivity contribution < 1.29 is 35.9 Å². The molecule has 5 nitrogen and oxygen atoms in total. The van der Waals surface area contributed by atoms with Crippen LogP contribution < -0.4 is 5.32 Å². The smallest absolute Gasteiger partial charge is 0.372 e. The molecular formula is C29H31F6N3O2. The van der Waals surface area contributed by atoms with Gasteiger partial charge in [0.15, 0.2) is 5.78 Å². The number of hydrogen-bond acceptors (Lipinski definition) is 4. The molecule has 2 aliphatic carbocycles. The van der Waals surface area contributed by atoms with E-state index in [2.05, 4.69) is 5.32 Å². The molecule has 2 aliphatic heterocycles. The van der Waals surface area contributed by atoms with Crippen molar-refractivity contribution in [3.8, 4) is 0 Å². The monoisotopic (exact) mass is 567 g/mol. The molecule has 40 heavy (non-hydrogen) atoms. The van der Waals surface area contributed by atoms with Crippen LogP contribution in [0, 0.1) is 11.3 Å². The summed E-state index contributed by atoms with van der Waals surface area (Å²) in [5.74, 6) is 0.0913. The number of benzene rings is 1. The third-order valence-electron chi connectivity index (χ3n) is 8.09. The Labute approximate surface area is 228 Å². The third kappa shape index (κ3) is 6.14. The Balaban J connectivity index is 1.50. The number of halogens is 6. The average molecular weight is 568 g/mol. The zero-order valence-corrected chi connectivity index (χ0v) is 22.1. The fraction of sp³-hybridized carbons (Fsp3) is 0.517. The number of amides is 1. The van der Waals surface area contributed by atoms with Crippen molar-refractivity contribution in [3.63, 3.8) is 0 Å². The highest BCUT2D eigenvalue weighted by atomic mass is 19.4. The molecule has 0 spiro atoms. The molecule has 11 heteroatoms. The van der Waals surface area contributed by atoms with Gasteiger partial charge in [0.25, 0.3) is 0 Å². The van der Waals surface area contributed by atoms with E-state index >= 15 is 0 Å². The Kier molecular flexibility index (Phi) is 7.39. The first-order chi connectivity index (χ1) is 18.7. The van der Waals surface area contributed by atoms with Crippen LogP contribution in [-0.4, -0.2) is 54.7 Å². The van der Waals surface area contributed by atoms with Crippen molar-refractivity contribution in [2.45, 2.75) is 51.0 Å². The van der Waals surface area contributed by atoms with Crippen LogP contribution in [0.1, 0.15) is 48.8 Å². The molecule has 1 saturated carbocycles. The SMILES string of the molecule is CN1C=C2CC(CN(Cc3cc(C(F)(F)F)cc(C(F)(F)F)c3)C(=O)C3(CC4CC4)CCNC3)=CC=C2C(=O)C1. The van der Waals surface area contributed by atoms with Crippen LogP contribution >= 0.6 is 0 Å². The molecule has 2 fully saturated rings. The van der Waals surface area contributed by atoms with E-state index in [0.29, 0.717) is 56.0 Å². The number of alkyl halides is 6. The minimum atomic E-state index is -4.98. The number of fused-ring (bicyclic) bond motifs is 1. The zero-order chi connectivity index (χ0) is 28.9. The number of likely N-dealkylation sites (N-methyl/N-ethyl adjacent to an activating group) is 1.